The summed E-state index contributed by atoms with van der Waals surface area (Å²) in [5.74, 6) is 2.49. The van der Waals surface area contributed by atoms with E-state index in [1.807, 2.05) is 0 Å². The van der Waals surface area contributed by atoms with Crippen molar-refractivity contribution in [3.8, 4) is 0 Å². The van der Waals surface area contributed by atoms with E-state index in [1.54, 1.807) is 0 Å². The third kappa shape index (κ3) is 9.97. The fourth-order valence-corrected chi connectivity index (χ4v) is 4.35. The van der Waals surface area contributed by atoms with Crippen LogP contribution in [0, 0.1) is 17.8 Å². The van der Waals surface area contributed by atoms with Crippen molar-refractivity contribution in [1.29, 1.82) is 0 Å². The second kappa shape index (κ2) is 14.5. The predicted molar refractivity (Wildman–Crippen MR) is 114 cm³/mol. The summed E-state index contributed by atoms with van der Waals surface area (Å²) in [6.45, 7) is 11.2. The van der Waals surface area contributed by atoms with Crippen LogP contribution < -0.4 is 0 Å². The van der Waals surface area contributed by atoms with Crippen LogP contribution >= 0.6 is 0 Å². The van der Waals surface area contributed by atoms with Crippen molar-refractivity contribution in [3.63, 3.8) is 0 Å². The molecule has 1 aliphatic rings. The number of carbonyl (C=O) groups is 1. The number of amides is 1. The zero-order valence-electron chi connectivity index (χ0n) is 18.4. The Morgan fingerprint density at radius 1 is 0.846 bits per heavy atom. The molecule has 0 aromatic carbocycles. The van der Waals surface area contributed by atoms with E-state index in [1.165, 1.54) is 77.0 Å². The number of likely N-dealkylation sites (tertiary alicyclic amines) is 1. The van der Waals surface area contributed by atoms with Crippen LogP contribution in [0.15, 0.2) is 0 Å². The molecule has 2 heteroatoms. The molecule has 2 nitrogen and oxygen atoms in total. The van der Waals surface area contributed by atoms with Gasteiger partial charge in [0, 0.05) is 19.0 Å². The molecule has 0 aliphatic carbocycles. The largest absolute Gasteiger partial charge is 0.342 e. The molecule has 0 bridgehead atoms. The topological polar surface area (TPSA) is 20.3 Å². The number of hydrogen-bond acceptors (Lipinski definition) is 1. The van der Waals surface area contributed by atoms with E-state index in [-0.39, 0.29) is 0 Å². The Kier molecular flexibility index (Phi) is 13.1. The zero-order valence-corrected chi connectivity index (χ0v) is 18.4. The minimum Gasteiger partial charge on any atom is -0.342 e. The average molecular weight is 366 g/mol. The summed E-state index contributed by atoms with van der Waals surface area (Å²) in [7, 11) is 0. The third-order valence-electron chi connectivity index (χ3n) is 6.23. The van der Waals surface area contributed by atoms with Crippen molar-refractivity contribution >= 4 is 5.91 Å². The van der Waals surface area contributed by atoms with E-state index in [0.717, 1.165) is 37.8 Å². The van der Waals surface area contributed by atoms with Gasteiger partial charge in [0.1, 0.15) is 0 Å². The van der Waals surface area contributed by atoms with E-state index in [4.69, 9.17) is 0 Å². The van der Waals surface area contributed by atoms with Gasteiger partial charge in [0.25, 0.3) is 0 Å². The monoisotopic (exact) mass is 365 g/mol. The molecule has 0 aromatic heterocycles. The first-order valence-corrected chi connectivity index (χ1v) is 11.9. The van der Waals surface area contributed by atoms with Crippen molar-refractivity contribution in [2.45, 2.75) is 118 Å². The Labute approximate surface area is 164 Å². The van der Waals surface area contributed by atoms with Gasteiger partial charge < -0.3 is 4.90 Å². The lowest BCUT2D eigenvalue weighted by atomic mass is 9.88. The van der Waals surface area contributed by atoms with Gasteiger partial charge in [-0.3, -0.25) is 4.79 Å². The standard InChI is InChI=1S/C24H47NO/c1-5-7-9-10-16-23(15-8-6-2)24(26)25-19-17-22(18-20-25)14-12-11-13-21(3)4/h21-23H,5-20H2,1-4H3. The number of unbranched alkanes of at least 4 members (excludes halogenated alkanes) is 5. The lowest BCUT2D eigenvalue weighted by Crippen LogP contribution is -2.41. The number of carbonyl (C=O) groups excluding carboxylic acids is 1. The normalized spacial score (nSPS) is 17.0. The molecule has 0 radical (unpaired) electrons. The van der Waals surface area contributed by atoms with Crippen molar-refractivity contribution < 1.29 is 4.79 Å². The molecule has 1 unspecified atom stereocenters. The van der Waals surface area contributed by atoms with Gasteiger partial charge in [-0.2, -0.15) is 0 Å². The summed E-state index contributed by atoms with van der Waals surface area (Å²) in [5, 5.41) is 0. The highest BCUT2D eigenvalue weighted by Crippen LogP contribution is 2.27. The smallest absolute Gasteiger partial charge is 0.225 e. The first-order valence-electron chi connectivity index (χ1n) is 11.9. The van der Waals surface area contributed by atoms with E-state index >= 15 is 0 Å². The quantitative estimate of drug-likeness (QED) is 0.298. The SMILES string of the molecule is CCCCCCC(CCCC)C(=O)N1CCC(CCCCC(C)C)CC1. The Balaban J connectivity index is 2.32. The Hall–Kier alpha value is -0.530. The Morgan fingerprint density at radius 3 is 2.08 bits per heavy atom. The molecule has 0 spiro atoms. The van der Waals surface area contributed by atoms with Crippen molar-refractivity contribution in [2.24, 2.45) is 17.8 Å². The van der Waals surface area contributed by atoms with Crippen LogP contribution in [0.4, 0.5) is 0 Å². The first kappa shape index (κ1) is 23.5. The molecule has 0 saturated carbocycles. The van der Waals surface area contributed by atoms with Gasteiger partial charge in [-0.15, -0.1) is 0 Å². The van der Waals surface area contributed by atoms with E-state index < -0.39 is 0 Å². The van der Waals surface area contributed by atoms with Crippen LogP contribution in [0.3, 0.4) is 0 Å². The van der Waals surface area contributed by atoms with Gasteiger partial charge >= 0.3 is 0 Å². The maximum Gasteiger partial charge on any atom is 0.225 e. The molecule has 1 rings (SSSR count). The summed E-state index contributed by atoms with van der Waals surface area (Å²) in [4.78, 5) is 15.2. The number of piperidine rings is 1. The summed E-state index contributed by atoms with van der Waals surface area (Å²) in [6.07, 6.45) is 17.8. The molecule has 1 atom stereocenters. The van der Waals surface area contributed by atoms with E-state index in [0.29, 0.717) is 11.8 Å². The highest BCUT2D eigenvalue weighted by molar-refractivity contribution is 5.78. The van der Waals surface area contributed by atoms with E-state index in [9.17, 15) is 4.79 Å². The number of rotatable bonds is 14. The molecule has 0 aromatic rings. The molecule has 1 heterocycles. The van der Waals surface area contributed by atoms with Gasteiger partial charge in [0.15, 0.2) is 0 Å². The van der Waals surface area contributed by atoms with Gasteiger partial charge in [-0.05, 0) is 37.5 Å². The number of hydrogen-bond donors (Lipinski definition) is 0. The zero-order chi connectivity index (χ0) is 19.2. The van der Waals surface area contributed by atoms with Crippen molar-refractivity contribution in [1.82, 2.24) is 4.90 Å². The average Bonchev–Trinajstić information content (AvgIpc) is 2.64. The summed E-state index contributed by atoms with van der Waals surface area (Å²) in [5.41, 5.74) is 0. The Bertz CT molecular complexity index is 344. The molecular weight excluding hydrogens is 318 g/mol. The fourth-order valence-electron chi connectivity index (χ4n) is 4.35. The second-order valence-corrected chi connectivity index (χ2v) is 9.14. The van der Waals surface area contributed by atoms with Crippen LogP contribution in [0.2, 0.25) is 0 Å². The van der Waals surface area contributed by atoms with Crippen LogP contribution in [0.5, 0.6) is 0 Å². The van der Waals surface area contributed by atoms with Gasteiger partial charge in [-0.1, -0.05) is 91.9 Å². The first-order chi connectivity index (χ1) is 12.6. The van der Waals surface area contributed by atoms with Crippen molar-refractivity contribution in [2.75, 3.05) is 13.1 Å². The maximum atomic E-state index is 13.0. The second-order valence-electron chi connectivity index (χ2n) is 9.14. The number of nitrogens with zero attached hydrogens (tertiary/aromatic N) is 1. The predicted octanol–water partition coefficient (Wildman–Crippen LogP) is 7.22. The van der Waals surface area contributed by atoms with Crippen molar-refractivity contribution in [3.05, 3.63) is 0 Å². The molecular formula is C24H47NO. The Morgan fingerprint density at radius 2 is 1.46 bits per heavy atom. The molecule has 1 aliphatic heterocycles. The minimum atomic E-state index is 0.300. The highest BCUT2D eigenvalue weighted by Gasteiger charge is 2.27. The summed E-state index contributed by atoms with van der Waals surface area (Å²) >= 11 is 0. The summed E-state index contributed by atoms with van der Waals surface area (Å²) < 4.78 is 0. The summed E-state index contributed by atoms with van der Waals surface area (Å²) in [6, 6.07) is 0. The van der Waals surface area contributed by atoms with E-state index in [2.05, 4.69) is 32.6 Å². The highest BCUT2D eigenvalue weighted by atomic mass is 16.2. The molecule has 1 saturated heterocycles. The molecule has 0 N–H and O–H groups in total. The lowest BCUT2D eigenvalue weighted by molar-refractivity contribution is -0.137. The third-order valence-corrected chi connectivity index (χ3v) is 6.23. The molecule has 26 heavy (non-hydrogen) atoms. The molecule has 154 valence electrons. The van der Waals surface area contributed by atoms with Crippen LogP contribution in [0.1, 0.15) is 118 Å². The molecule has 1 fully saturated rings. The minimum absolute atomic E-state index is 0.300. The van der Waals surface area contributed by atoms with Crippen LogP contribution in [0.25, 0.3) is 0 Å². The maximum absolute atomic E-state index is 13.0. The fraction of sp³-hybridized carbons (Fsp3) is 0.958. The van der Waals surface area contributed by atoms with Crippen LogP contribution in [-0.4, -0.2) is 23.9 Å². The van der Waals surface area contributed by atoms with Gasteiger partial charge in [0.2, 0.25) is 5.91 Å². The lowest BCUT2D eigenvalue weighted by Gasteiger charge is -2.34. The van der Waals surface area contributed by atoms with Gasteiger partial charge in [0.05, 0.1) is 0 Å². The van der Waals surface area contributed by atoms with Crippen LogP contribution in [-0.2, 0) is 4.79 Å². The molecule has 1 amide bonds. The van der Waals surface area contributed by atoms with Gasteiger partial charge in [-0.25, -0.2) is 0 Å².